The summed E-state index contributed by atoms with van der Waals surface area (Å²) in [5.74, 6) is 0. The van der Waals surface area contributed by atoms with Crippen molar-refractivity contribution in [2.75, 3.05) is 19.8 Å². The summed E-state index contributed by atoms with van der Waals surface area (Å²) in [6.07, 6.45) is 7.59. The smallest absolute Gasteiger partial charge is 0.0950 e. The van der Waals surface area contributed by atoms with Crippen LogP contribution < -0.4 is 5.32 Å². The molecule has 0 atom stereocenters. The molecule has 0 saturated carbocycles. The molecule has 0 spiro atoms. The molecule has 0 aliphatic carbocycles. The van der Waals surface area contributed by atoms with Crippen LogP contribution in [-0.4, -0.2) is 29.3 Å². The van der Waals surface area contributed by atoms with Gasteiger partial charge in [-0.2, -0.15) is 0 Å². The molecule has 0 aromatic carbocycles. The van der Waals surface area contributed by atoms with Gasteiger partial charge in [0.2, 0.25) is 0 Å². The average Bonchev–Trinajstić information content (AvgIpc) is 2.77. The maximum absolute atomic E-state index is 5.44. The molecule has 1 saturated heterocycles. The predicted octanol–water partition coefficient (Wildman–Crippen LogP) is 2.20. The van der Waals surface area contributed by atoms with Crippen LogP contribution in [0.1, 0.15) is 38.8 Å². The minimum atomic E-state index is 0.368. The number of rotatable bonds is 6. The van der Waals surface area contributed by atoms with E-state index in [4.69, 9.17) is 4.74 Å². The Hall–Kier alpha value is -0.870. The first-order valence-corrected chi connectivity index (χ1v) is 7.01. The Kier molecular flexibility index (Phi) is 4.78. The fourth-order valence-corrected chi connectivity index (χ4v) is 2.44. The third-order valence-electron chi connectivity index (χ3n) is 3.68. The van der Waals surface area contributed by atoms with Crippen LogP contribution in [0.25, 0.3) is 0 Å². The highest BCUT2D eigenvalue weighted by Gasteiger charge is 2.27. The molecule has 18 heavy (non-hydrogen) atoms. The van der Waals surface area contributed by atoms with E-state index in [-0.39, 0.29) is 0 Å². The van der Waals surface area contributed by atoms with Gasteiger partial charge in [-0.3, -0.25) is 0 Å². The molecule has 102 valence electrons. The summed E-state index contributed by atoms with van der Waals surface area (Å²) in [5, 5.41) is 3.38. The van der Waals surface area contributed by atoms with Crippen molar-refractivity contribution in [1.29, 1.82) is 0 Å². The zero-order chi connectivity index (χ0) is 12.8. The molecule has 0 bridgehead atoms. The average molecular weight is 251 g/mol. The summed E-state index contributed by atoms with van der Waals surface area (Å²) in [4.78, 5) is 4.45. The third-order valence-corrected chi connectivity index (χ3v) is 3.68. The van der Waals surface area contributed by atoms with E-state index in [2.05, 4.69) is 34.9 Å². The predicted molar refractivity (Wildman–Crippen MR) is 72.4 cm³/mol. The molecule has 1 aromatic heterocycles. The first kappa shape index (κ1) is 13.6. The van der Waals surface area contributed by atoms with E-state index in [9.17, 15) is 0 Å². The second-order valence-corrected chi connectivity index (χ2v) is 5.64. The monoisotopic (exact) mass is 251 g/mol. The maximum Gasteiger partial charge on any atom is 0.0950 e. The molecule has 4 heteroatoms. The quantitative estimate of drug-likeness (QED) is 0.788. The van der Waals surface area contributed by atoms with Crippen molar-refractivity contribution in [2.45, 2.75) is 46.2 Å². The minimum Gasteiger partial charge on any atom is -0.381 e. The number of nitrogens with one attached hydrogen (secondary N) is 1. The Bertz CT molecular complexity index is 356. The molecular formula is C14H25N3O. The number of imidazole rings is 1. The summed E-state index contributed by atoms with van der Waals surface area (Å²) in [7, 11) is 0. The number of aromatic nitrogens is 2. The highest BCUT2D eigenvalue weighted by Crippen LogP contribution is 2.31. The fourth-order valence-electron chi connectivity index (χ4n) is 2.44. The van der Waals surface area contributed by atoms with Crippen molar-refractivity contribution >= 4 is 0 Å². The van der Waals surface area contributed by atoms with Crippen LogP contribution in [0.2, 0.25) is 0 Å². The second kappa shape index (κ2) is 6.34. The Balaban J connectivity index is 1.85. The van der Waals surface area contributed by atoms with Crippen LogP contribution in [0, 0.1) is 5.41 Å². The van der Waals surface area contributed by atoms with Crippen molar-refractivity contribution < 1.29 is 4.74 Å². The van der Waals surface area contributed by atoms with Crippen molar-refractivity contribution in [2.24, 2.45) is 5.41 Å². The summed E-state index contributed by atoms with van der Waals surface area (Å²) in [6, 6.07) is 0. The summed E-state index contributed by atoms with van der Waals surface area (Å²) in [5.41, 5.74) is 1.51. The fraction of sp³-hybridized carbons (Fsp3) is 0.786. The van der Waals surface area contributed by atoms with Crippen LogP contribution in [0.5, 0.6) is 0 Å². The van der Waals surface area contributed by atoms with Crippen LogP contribution >= 0.6 is 0 Å². The molecular weight excluding hydrogens is 226 g/mol. The van der Waals surface area contributed by atoms with E-state index in [1.165, 1.54) is 6.42 Å². The molecule has 4 nitrogen and oxygen atoms in total. The standard InChI is InChI=1S/C14H25N3O/c1-3-6-15-9-13-10-17(12-16-13)11-14(2)4-7-18-8-5-14/h10,12,15H,3-9,11H2,1-2H3. The number of nitrogens with zero attached hydrogens (tertiary/aromatic N) is 2. The topological polar surface area (TPSA) is 39.1 Å². The Labute approximate surface area is 110 Å². The van der Waals surface area contributed by atoms with Gasteiger partial charge in [0.1, 0.15) is 0 Å². The molecule has 0 unspecified atom stereocenters. The first-order valence-electron chi connectivity index (χ1n) is 7.01. The van der Waals surface area contributed by atoms with E-state index in [0.29, 0.717) is 5.41 Å². The minimum absolute atomic E-state index is 0.368. The molecule has 1 fully saturated rings. The highest BCUT2D eigenvalue weighted by molar-refractivity contribution is 4.97. The van der Waals surface area contributed by atoms with Crippen LogP contribution in [0.15, 0.2) is 12.5 Å². The third kappa shape index (κ3) is 3.82. The Morgan fingerprint density at radius 2 is 2.22 bits per heavy atom. The van der Waals surface area contributed by atoms with Gasteiger partial charge < -0.3 is 14.6 Å². The molecule has 1 aromatic rings. The molecule has 0 radical (unpaired) electrons. The van der Waals surface area contributed by atoms with Crippen LogP contribution in [0.3, 0.4) is 0 Å². The van der Waals surface area contributed by atoms with Crippen LogP contribution in [0.4, 0.5) is 0 Å². The lowest BCUT2D eigenvalue weighted by Crippen LogP contribution is -2.30. The van der Waals surface area contributed by atoms with E-state index in [1.54, 1.807) is 0 Å². The lowest BCUT2D eigenvalue weighted by atomic mass is 9.82. The van der Waals surface area contributed by atoms with Gasteiger partial charge in [-0.25, -0.2) is 4.98 Å². The van der Waals surface area contributed by atoms with Crippen molar-refractivity contribution in [3.05, 3.63) is 18.2 Å². The van der Waals surface area contributed by atoms with Gasteiger partial charge >= 0.3 is 0 Å². The lowest BCUT2D eigenvalue weighted by Gasteiger charge is -2.33. The van der Waals surface area contributed by atoms with Crippen molar-refractivity contribution in [3.8, 4) is 0 Å². The van der Waals surface area contributed by atoms with Gasteiger partial charge in [-0.05, 0) is 31.2 Å². The summed E-state index contributed by atoms with van der Waals surface area (Å²) < 4.78 is 7.67. The molecule has 1 aliphatic rings. The Morgan fingerprint density at radius 1 is 1.44 bits per heavy atom. The SMILES string of the molecule is CCCNCc1cn(CC2(C)CCOCC2)cn1. The van der Waals surface area contributed by atoms with Gasteiger partial charge in [0.25, 0.3) is 0 Å². The molecule has 2 rings (SSSR count). The summed E-state index contributed by atoms with van der Waals surface area (Å²) >= 11 is 0. The van der Waals surface area contributed by atoms with Gasteiger partial charge in [0, 0.05) is 32.5 Å². The van der Waals surface area contributed by atoms with E-state index in [0.717, 1.165) is 51.4 Å². The zero-order valence-electron chi connectivity index (χ0n) is 11.6. The van der Waals surface area contributed by atoms with E-state index in [1.807, 2.05) is 6.33 Å². The molecule has 1 N–H and O–H groups in total. The molecule has 1 aliphatic heterocycles. The highest BCUT2D eigenvalue weighted by atomic mass is 16.5. The maximum atomic E-state index is 5.44. The zero-order valence-corrected chi connectivity index (χ0v) is 11.6. The second-order valence-electron chi connectivity index (χ2n) is 5.64. The van der Waals surface area contributed by atoms with Crippen LogP contribution in [-0.2, 0) is 17.8 Å². The molecule has 0 amide bonds. The largest absolute Gasteiger partial charge is 0.381 e. The van der Waals surface area contributed by atoms with Gasteiger partial charge in [0.05, 0.1) is 12.0 Å². The van der Waals surface area contributed by atoms with Crippen molar-refractivity contribution in [1.82, 2.24) is 14.9 Å². The lowest BCUT2D eigenvalue weighted by molar-refractivity contribution is 0.0155. The van der Waals surface area contributed by atoms with E-state index >= 15 is 0 Å². The van der Waals surface area contributed by atoms with Gasteiger partial charge in [-0.15, -0.1) is 0 Å². The Morgan fingerprint density at radius 3 is 2.94 bits per heavy atom. The normalized spacial score (nSPS) is 19.0. The van der Waals surface area contributed by atoms with Crippen molar-refractivity contribution in [3.63, 3.8) is 0 Å². The first-order chi connectivity index (χ1) is 8.72. The van der Waals surface area contributed by atoms with Gasteiger partial charge in [-0.1, -0.05) is 13.8 Å². The number of ether oxygens (including phenoxy) is 1. The summed E-state index contributed by atoms with van der Waals surface area (Å²) in [6.45, 7) is 9.31. The van der Waals surface area contributed by atoms with Gasteiger partial charge in [0.15, 0.2) is 0 Å². The number of hydrogen-bond donors (Lipinski definition) is 1. The van der Waals surface area contributed by atoms with E-state index < -0.39 is 0 Å². The molecule has 2 heterocycles. The number of hydrogen-bond acceptors (Lipinski definition) is 3.